The van der Waals surface area contributed by atoms with Crippen LogP contribution in [0.25, 0.3) is 11.4 Å². The summed E-state index contributed by atoms with van der Waals surface area (Å²) in [6, 6.07) is 7.59. The van der Waals surface area contributed by atoms with Crippen LogP contribution in [0, 0.1) is 5.92 Å². The summed E-state index contributed by atoms with van der Waals surface area (Å²) in [4.78, 5) is 21.4. The molecule has 1 aromatic heterocycles. The molecule has 2 saturated heterocycles. The van der Waals surface area contributed by atoms with Crippen LogP contribution >= 0.6 is 24.8 Å². The largest absolute Gasteiger partial charge is 0.497 e. The molecule has 2 aliphatic rings. The fourth-order valence-corrected chi connectivity index (χ4v) is 3.81. The molecule has 1 N–H and O–H groups in total. The molecule has 166 valence electrons. The first kappa shape index (κ1) is 24.4. The summed E-state index contributed by atoms with van der Waals surface area (Å²) in [6.45, 7) is 5.62. The summed E-state index contributed by atoms with van der Waals surface area (Å²) in [5.41, 5.74) is 0.896. The molecule has 8 nitrogen and oxygen atoms in total. The zero-order chi connectivity index (χ0) is 19.3. The van der Waals surface area contributed by atoms with E-state index >= 15 is 0 Å². The van der Waals surface area contributed by atoms with Gasteiger partial charge < -0.3 is 19.5 Å². The molecule has 10 heteroatoms. The lowest BCUT2D eigenvalue weighted by atomic mass is 9.98. The molecule has 4 rings (SSSR count). The first-order valence-corrected chi connectivity index (χ1v) is 9.92. The lowest BCUT2D eigenvalue weighted by Gasteiger charge is -2.36. The summed E-state index contributed by atoms with van der Waals surface area (Å²) in [6.07, 6.45) is 2.09. The van der Waals surface area contributed by atoms with Crippen molar-refractivity contribution in [3.8, 4) is 17.1 Å². The first-order chi connectivity index (χ1) is 13.7. The van der Waals surface area contributed by atoms with E-state index in [1.54, 1.807) is 7.11 Å². The van der Waals surface area contributed by atoms with Gasteiger partial charge in [-0.1, -0.05) is 5.16 Å². The highest BCUT2D eigenvalue weighted by molar-refractivity contribution is 5.85. The minimum Gasteiger partial charge on any atom is -0.497 e. The molecule has 1 amide bonds. The van der Waals surface area contributed by atoms with Gasteiger partial charge in [0.2, 0.25) is 17.6 Å². The zero-order valence-electron chi connectivity index (χ0n) is 17.1. The lowest BCUT2D eigenvalue weighted by Crippen LogP contribution is -2.51. The number of carbonyl (C=O) groups is 1. The van der Waals surface area contributed by atoms with Gasteiger partial charge in [-0.25, -0.2) is 0 Å². The maximum Gasteiger partial charge on any atom is 0.241 e. The number of piperazine rings is 1. The number of aromatic nitrogens is 2. The van der Waals surface area contributed by atoms with Crippen LogP contribution in [0.4, 0.5) is 0 Å². The van der Waals surface area contributed by atoms with Crippen LogP contribution in [0.3, 0.4) is 0 Å². The van der Waals surface area contributed by atoms with Gasteiger partial charge in [-0.3, -0.25) is 9.69 Å². The van der Waals surface area contributed by atoms with Crippen molar-refractivity contribution in [3.63, 3.8) is 0 Å². The second kappa shape index (κ2) is 11.5. The number of hydrogen-bond donors (Lipinski definition) is 1. The Morgan fingerprint density at radius 3 is 2.57 bits per heavy atom. The molecule has 0 saturated carbocycles. The fourth-order valence-electron chi connectivity index (χ4n) is 3.81. The third-order valence-corrected chi connectivity index (χ3v) is 5.51. The predicted octanol–water partition coefficient (Wildman–Crippen LogP) is 2.23. The van der Waals surface area contributed by atoms with Gasteiger partial charge in [0.05, 0.1) is 19.6 Å². The Kier molecular flexibility index (Phi) is 9.36. The Bertz CT molecular complexity index is 788. The number of methoxy groups -OCH3 is 1. The molecule has 0 radical (unpaired) electrons. The van der Waals surface area contributed by atoms with Gasteiger partial charge in [0.15, 0.2) is 0 Å². The number of amides is 1. The van der Waals surface area contributed by atoms with E-state index in [0.29, 0.717) is 24.2 Å². The molecular weight excluding hydrogens is 429 g/mol. The average Bonchev–Trinajstić information content (AvgIpc) is 3.23. The molecule has 1 aromatic carbocycles. The van der Waals surface area contributed by atoms with Crippen LogP contribution < -0.4 is 10.1 Å². The Balaban J connectivity index is 0.00000160. The highest BCUT2D eigenvalue weighted by Gasteiger charge is 2.28. The number of carbonyl (C=O) groups excluding carboxylic acids is 1. The van der Waals surface area contributed by atoms with E-state index < -0.39 is 0 Å². The van der Waals surface area contributed by atoms with Crippen molar-refractivity contribution in [1.29, 1.82) is 0 Å². The molecule has 1 atom stereocenters. The Morgan fingerprint density at radius 2 is 1.93 bits per heavy atom. The Hall–Kier alpha value is -1.87. The van der Waals surface area contributed by atoms with E-state index in [9.17, 15) is 4.79 Å². The molecule has 30 heavy (non-hydrogen) atoms. The minimum absolute atomic E-state index is 0. The molecule has 2 fully saturated rings. The molecule has 3 heterocycles. The predicted molar refractivity (Wildman–Crippen MR) is 118 cm³/mol. The molecule has 1 unspecified atom stereocenters. The molecular formula is C20H29Cl2N5O3. The maximum atomic E-state index is 12.6. The van der Waals surface area contributed by atoms with E-state index in [2.05, 4.69) is 20.4 Å². The normalized spacial score (nSPS) is 19.5. The smallest absolute Gasteiger partial charge is 0.241 e. The third-order valence-electron chi connectivity index (χ3n) is 5.51. The van der Waals surface area contributed by atoms with Crippen LogP contribution in [0.1, 0.15) is 18.7 Å². The molecule has 2 aromatic rings. The van der Waals surface area contributed by atoms with Crippen molar-refractivity contribution in [2.75, 3.05) is 46.4 Å². The highest BCUT2D eigenvalue weighted by Crippen LogP contribution is 2.20. The summed E-state index contributed by atoms with van der Waals surface area (Å²) in [5, 5.41) is 7.41. The number of nitrogens with zero attached hydrogens (tertiary/aromatic N) is 4. The van der Waals surface area contributed by atoms with Crippen molar-refractivity contribution in [3.05, 3.63) is 30.2 Å². The summed E-state index contributed by atoms with van der Waals surface area (Å²) in [7, 11) is 1.64. The maximum absolute atomic E-state index is 12.6. The standard InChI is InChI=1S/C20H27N5O3.2ClH/c1-27-17-6-4-15(5-7-17)19-22-18(28-23-19)14-24-9-11-25(12-10-24)20(26)16-3-2-8-21-13-16;;/h4-7,16,21H,2-3,8-14H2,1H3;2*1H. The Labute approximate surface area is 189 Å². The number of ether oxygens (including phenoxy) is 1. The van der Waals surface area contributed by atoms with Gasteiger partial charge in [-0.15, -0.1) is 24.8 Å². The first-order valence-electron chi connectivity index (χ1n) is 9.92. The number of hydrogen-bond acceptors (Lipinski definition) is 7. The van der Waals surface area contributed by atoms with Gasteiger partial charge in [0, 0.05) is 38.3 Å². The van der Waals surface area contributed by atoms with Crippen LogP contribution in [-0.4, -0.2) is 72.2 Å². The molecule has 0 spiro atoms. The van der Waals surface area contributed by atoms with Gasteiger partial charge in [0.1, 0.15) is 5.75 Å². The third kappa shape index (κ3) is 5.85. The van der Waals surface area contributed by atoms with Gasteiger partial charge >= 0.3 is 0 Å². The van der Waals surface area contributed by atoms with Crippen molar-refractivity contribution in [1.82, 2.24) is 25.3 Å². The summed E-state index contributed by atoms with van der Waals surface area (Å²) >= 11 is 0. The van der Waals surface area contributed by atoms with E-state index in [-0.39, 0.29) is 30.7 Å². The van der Waals surface area contributed by atoms with E-state index in [1.165, 1.54) is 0 Å². The monoisotopic (exact) mass is 457 g/mol. The van der Waals surface area contributed by atoms with Gasteiger partial charge in [-0.2, -0.15) is 4.98 Å². The van der Waals surface area contributed by atoms with Crippen molar-refractivity contribution < 1.29 is 14.1 Å². The van der Waals surface area contributed by atoms with Gasteiger partial charge in [0.25, 0.3) is 0 Å². The van der Waals surface area contributed by atoms with Crippen molar-refractivity contribution in [2.24, 2.45) is 5.92 Å². The molecule has 2 aliphatic heterocycles. The SMILES string of the molecule is COc1ccc(-c2noc(CN3CCN(C(=O)C4CCCNC4)CC3)n2)cc1.Cl.Cl. The summed E-state index contributed by atoms with van der Waals surface area (Å²) < 4.78 is 10.6. The number of piperidine rings is 1. The molecule has 0 bridgehead atoms. The van der Waals surface area contributed by atoms with Gasteiger partial charge in [-0.05, 0) is 43.7 Å². The number of nitrogens with one attached hydrogen (secondary N) is 1. The van der Waals surface area contributed by atoms with Crippen LogP contribution in [0.2, 0.25) is 0 Å². The number of rotatable bonds is 5. The summed E-state index contributed by atoms with van der Waals surface area (Å²) in [5.74, 6) is 2.41. The number of halogens is 2. The van der Waals surface area contributed by atoms with E-state index in [4.69, 9.17) is 9.26 Å². The number of benzene rings is 1. The van der Waals surface area contributed by atoms with Crippen molar-refractivity contribution in [2.45, 2.75) is 19.4 Å². The lowest BCUT2D eigenvalue weighted by molar-refractivity contribution is -0.138. The van der Waals surface area contributed by atoms with Crippen molar-refractivity contribution >= 4 is 30.7 Å². The van der Waals surface area contributed by atoms with Crippen LogP contribution in [-0.2, 0) is 11.3 Å². The second-order valence-corrected chi connectivity index (χ2v) is 7.38. The topological polar surface area (TPSA) is 83.7 Å². The fraction of sp³-hybridized carbons (Fsp3) is 0.550. The van der Waals surface area contributed by atoms with Crippen LogP contribution in [0.15, 0.2) is 28.8 Å². The highest BCUT2D eigenvalue weighted by atomic mass is 35.5. The van der Waals surface area contributed by atoms with E-state index in [0.717, 1.165) is 63.4 Å². The quantitative estimate of drug-likeness (QED) is 0.736. The van der Waals surface area contributed by atoms with E-state index in [1.807, 2.05) is 29.2 Å². The van der Waals surface area contributed by atoms with Crippen LogP contribution in [0.5, 0.6) is 5.75 Å². The Morgan fingerprint density at radius 1 is 1.20 bits per heavy atom. The minimum atomic E-state index is 0. The second-order valence-electron chi connectivity index (χ2n) is 7.38. The molecule has 0 aliphatic carbocycles. The average molecular weight is 458 g/mol. The zero-order valence-corrected chi connectivity index (χ0v) is 18.7.